The summed E-state index contributed by atoms with van der Waals surface area (Å²) in [7, 11) is 1.32. The Morgan fingerprint density at radius 3 is 2.54 bits per heavy atom. The molecule has 1 aliphatic rings. The minimum absolute atomic E-state index is 0.103. The molecule has 2 heterocycles. The van der Waals surface area contributed by atoms with E-state index in [2.05, 4.69) is 10.3 Å². The third-order valence-electron chi connectivity index (χ3n) is 5.53. The summed E-state index contributed by atoms with van der Waals surface area (Å²) < 4.78 is 17.0. The van der Waals surface area contributed by atoms with Gasteiger partial charge in [0.25, 0.3) is 5.56 Å². The smallest absolute Gasteiger partial charge is 0.337 e. The van der Waals surface area contributed by atoms with Gasteiger partial charge in [0.2, 0.25) is 6.79 Å². The van der Waals surface area contributed by atoms with Gasteiger partial charge in [0, 0.05) is 17.8 Å². The SMILES string of the molecule is COC(=O)c1ccc(-c2c(Cl)nc(NCc3ccc4c(c3)OCO4)c(=O)n2-c2ccccc2)cc1. The van der Waals surface area contributed by atoms with Crippen LogP contribution in [-0.4, -0.2) is 29.4 Å². The molecule has 0 aliphatic carbocycles. The van der Waals surface area contributed by atoms with E-state index in [0.717, 1.165) is 5.56 Å². The van der Waals surface area contributed by atoms with Crippen molar-refractivity contribution in [2.45, 2.75) is 6.54 Å². The van der Waals surface area contributed by atoms with Crippen LogP contribution in [0, 0.1) is 0 Å². The van der Waals surface area contributed by atoms with E-state index in [4.69, 9.17) is 25.8 Å². The fraction of sp³-hybridized carbons (Fsp3) is 0.115. The second kappa shape index (κ2) is 9.52. The first kappa shape index (κ1) is 22.5. The van der Waals surface area contributed by atoms with Crippen LogP contribution in [0.5, 0.6) is 11.5 Å². The third-order valence-corrected chi connectivity index (χ3v) is 5.79. The number of carbonyl (C=O) groups is 1. The number of para-hydroxylation sites is 1. The molecule has 0 bridgehead atoms. The third kappa shape index (κ3) is 4.43. The minimum Gasteiger partial charge on any atom is -0.465 e. The van der Waals surface area contributed by atoms with Gasteiger partial charge in [-0.2, -0.15) is 0 Å². The molecule has 35 heavy (non-hydrogen) atoms. The van der Waals surface area contributed by atoms with Crippen molar-refractivity contribution in [2.75, 3.05) is 19.2 Å². The summed E-state index contributed by atoms with van der Waals surface area (Å²) in [4.78, 5) is 29.8. The van der Waals surface area contributed by atoms with Crippen molar-refractivity contribution in [3.8, 4) is 28.4 Å². The number of nitrogens with zero attached hydrogens (tertiary/aromatic N) is 2. The van der Waals surface area contributed by atoms with Gasteiger partial charge in [0.15, 0.2) is 22.5 Å². The van der Waals surface area contributed by atoms with Gasteiger partial charge in [0.05, 0.1) is 18.4 Å². The van der Waals surface area contributed by atoms with E-state index in [1.807, 2.05) is 48.5 Å². The molecule has 0 radical (unpaired) electrons. The van der Waals surface area contributed by atoms with Crippen LogP contribution in [0.3, 0.4) is 0 Å². The van der Waals surface area contributed by atoms with Gasteiger partial charge in [-0.25, -0.2) is 9.78 Å². The molecule has 4 aromatic rings. The highest BCUT2D eigenvalue weighted by Gasteiger charge is 2.20. The van der Waals surface area contributed by atoms with E-state index in [0.29, 0.717) is 40.6 Å². The molecule has 0 unspecified atom stereocenters. The first-order valence-corrected chi connectivity index (χ1v) is 11.1. The summed E-state index contributed by atoms with van der Waals surface area (Å²) in [5.41, 5.74) is 2.57. The highest BCUT2D eigenvalue weighted by Crippen LogP contribution is 2.33. The zero-order chi connectivity index (χ0) is 24.4. The van der Waals surface area contributed by atoms with Crippen molar-refractivity contribution in [2.24, 2.45) is 0 Å². The van der Waals surface area contributed by atoms with Gasteiger partial charge < -0.3 is 19.5 Å². The van der Waals surface area contributed by atoms with Gasteiger partial charge in [-0.1, -0.05) is 48.0 Å². The molecule has 0 atom stereocenters. The maximum absolute atomic E-state index is 13.6. The largest absolute Gasteiger partial charge is 0.465 e. The predicted molar refractivity (Wildman–Crippen MR) is 132 cm³/mol. The van der Waals surface area contributed by atoms with E-state index in [1.54, 1.807) is 24.3 Å². The Labute approximate surface area is 205 Å². The number of anilines is 1. The van der Waals surface area contributed by atoms with Crippen LogP contribution in [0.4, 0.5) is 5.82 Å². The van der Waals surface area contributed by atoms with Gasteiger partial charge in [-0.05, 0) is 42.0 Å². The second-order valence-corrected chi connectivity index (χ2v) is 8.04. The van der Waals surface area contributed by atoms with Gasteiger partial charge in [0.1, 0.15) is 0 Å². The number of hydrogen-bond donors (Lipinski definition) is 1. The van der Waals surface area contributed by atoms with E-state index >= 15 is 0 Å². The Hall–Kier alpha value is -4.30. The molecule has 0 fully saturated rings. The molecule has 0 saturated heterocycles. The highest BCUT2D eigenvalue weighted by atomic mass is 35.5. The Morgan fingerprint density at radius 1 is 1.06 bits per heavy atom. The number of fused-ring (bicyclic) bond motifs is 1. The highest BCUT2D eigenvalue weighted by molar-refractivity contribution is 6.32. The van der Waals surface area contributed by atoms with Crippen molar-refractivity contribution in [1.29, 1.82) is 0 Å². The van der Waals surface area contributed by atoms with E-state index < -0.39 is 5.97 Å². The molecule has 3 aromatic carbocycles. The lowest BCUT2D eigenvalue weighted by Crippen LogP contribution is -2.25. The number of methoxy groups -OCH3 is 1. The van der Waals surface area contributed by atoms with Crippen molar-refractivity contribution >= 4 is 23.4 Å². The summed E-state index contributed by atoms with van der Waals surface area (Å²) >= 11 is 6.64. The fourth-order valence-corrected chi connectivity index (χ4v) is 4.08. The van der Waals surface area contributed by atoms with Crippen LogP contribution >= 0.6 is 11.6 Å². The summed E-state index contributed by atoms with van der Waals surface area (Å²) in [5, 5.41) is 3.23. The molecule has 0 amide bonds. The lowest BCUT2D eigenvalue weighted by atomic mass is 10.1. The Bertz CT molecular complexity index is 1450. The number of hydrogen-bond acceptors (Lipinski definition) is 7. The number of benzene rings is 3. The molecular weight excluding hydrogens is 470 g/mol. The summed E-state index contributed by atoms with van der Waals surface area (Å²) in [6.45, 7) is 0.518. The quantitative estimate of drug-likeness (QED) is 0.393. The molecule has 0 saturated carbocycles. The molecule has 9 heteroatoms. The zero-order valence-electron chi connectivity index (χ0n) is 18.7. The van der Waals surface area contributed by atoms with Crippen molar-refractivity contribution < 1.29 is 19.0 Å². The fourth-order valence-electron chi connectivity index (χ4n) is 3.80. The van der Waals surface area contributed by atoms with E-state index in [-0.39, 0.29) is 23.3 Å². The van der Waals surface area contributed by atoms with E-state index in [1.165, 1.54) is 11.7 Å². The van der Waals surface area contributed by atoms with Crippen molar-refractivity contribution in [3.63, 3.8) is 0 Å². The first-order chi connectivity index (χ1) is 17.0. The molecule has 1 aliphatic heterocycles. The molecule has 1 aromatic heterocycles. The topological polar surface area (TPSA) is 91.7 Å². The standard InChI is InChI=1S/C26H20ClN3O5/c1-33-26(32)18-10-8-17(9-11-18)22-23(27)29-24(25(31)30(22)19-5-3-2-4-6-19)28-14-16-7-12-20-21(13-16)35-15-34-20/h2-13H,14-15H2,1H3,(H,28,29). The average molecular weight is 490 g/mol. The van der Waals surface area contributed by atoms with Crippen LogP contribution in [-0.2, 0) is 11.3 Å². The number of aromatic nitrogens is 2. The summed E-state index contributed by atoms with van der Waals surface area (Å²) in [5.74, 6) is 0.988. The van der Waals surface area contributed by atoms with Gasteiger partial charge >= 0.3 is 5.97 Å². The number of carbonyl (C=O) groups excluding carboxylic acids is 1. The lowest BCUT2D eigenvalue weighted by molar-refractivity contribution is 0.0600. The number of rotatable bonds is 6. The Kier molecular flexibility index (Phi) is 6.12. The molecular formula is C26H20ClN3O5. The number of ether oxygens (including phenoxy) is 3. The Balaban J connectivity index is 1.55. The second-order valence-electron chi connectivity index (χ2n) is 7.69. The number of halogens is 1. The number of nitrogens with one attached hydrogen (secondary N) is 1. The Morgan fingerprint density at radius 2 is 1.80 bits per heavy atom. The van der Waals surface area contributed by atoms with Crippen LogP contribution in [0.25, 0.3) is 16.9 Å². The number of esters is 1. The van der Waals surface area contributed by atoms with Crippen LogP contribution in [0.15, 0.2) is 77.6 Å². The first-order valence-electron chi connectivity index (χ1n) is 10.7. The van der Waals surface area contributed by atoms with Crippen LogP contribution in [0.2, 0.25) is 5.15 Å². The van der Waals surface area contributed by atoms with Crippen LogP contribution < -0.4 is 20.3 Å². The van der Waals surface area contributed by atoms with E-state index in [9.17, 15) is 9.59 Å². The molecule has 5 rings (SSSR count). The monoisotopic (exact) mass is 489 g/mol. The molecule has 8 nitrogen and oxygen atoms in total. The van der Waals surface area contributed by atoms with Gasteiger partial charge in [-0.15, -0.1) is 0 Å². The van der Waals surface area contributed by atoms with Gasteiger partial charge in [-0.3, -0.25) is 9.36 Å². The summed E-state index contributed by atoms with van der Waals surface area (Å²) in [6.07, 6.45) is 0. The predicted octanol–water partition coefficient (Wildman–Crippen LogP) is 4.68. The summed E-state index contributed by atoms with van der Waals surface area (Å²) in [6, 6.07) is 21.3. The molecule has 176 valence electrons. The lowest BCUT2D eigenvalue weighted by Gasteiger charge is -2.17. The molecule has 0 spiro atoms. The maximum Gasteiger partial charge on any atom is 0.337 e. The minimum atomic E-state index is -0.454. The normalized spacial score (nSPS) is 11.8. The molecule has 1 N–H and O–H groups in total. The maximum atomic E-state index is 13.6. The van der Waals surface area contributed by atoms with Crippen molar-refractivity contribution in [3.05, 3.63) is 99.4 Å². The average Bonchev–Trinajstić information content (AvgIpc) is 3.37. The van der Waals surface area contributed by atoms with Crippen LogP contribution in [0.1, 0.15) is 15.9 Å². The van der Waals surface area contributed by atoms with Crippen molar-refractivity contribution in [1.82, 2.24) is 9.55 Å². The zero-order valence-corrected chi connectivity index (χ0v) is 19.4.